The molecular weight excluding hydrogens is 356 g/mol. The number of esters is 1. The second kappa shape index (κ2) is 9.36. The molecule has 0 bridgehead atoms. The zero-order valence-electron chi connectivity index (χ0n) is 13.8. The van der Waals surface area contributed by atoms with Gasteiger partial charge in [-0.2, -0.15) is 10.5 Å². The number of carbonyl (C=O) groups is 2. The third-order valence-electron chi connectivity index (χ3n) is 3.56. The molecule has 1 heterocycles. The Labute approximate surface area is 155 Å². The summed E-state index contributed by atoms with van der Waals surface area (Å²) in [7, 11) is 0. The third-order valence-corrected chi connectivity index (χ3v) is 3.77. The van der Waals surface area contributed by atoms with Crippen LogP contribution in [-0.4, -0.2) is 41.5 Å². The number of rotatable bonds is 7. The number of halogens is 1. The molecule has 0 radical (unpaired) electrons. The lowest BCUT2D eigenvalue weighted by Gasteiger charge is -2.20. The van der Waals surface area contributed by atoms with E-state index in [1.807, 2.05) is 12.1 Å². The van der Waals surface area contributed by atoms with Crippen LogP contribution in [0.4, 0.5) is 0 Å². The summed E-state index contributed by atoms with van der Waals surface area (Å²) in [6, 6.07) is 12.0. The van der Waals surface area contributed by atoms with Gasteiger partial charge < -0.3 is 9.64 Å². The van der Waals surface area contributed by atoms with Crippen LogP contribution < -0.4 is 0 Å². The van der Waals surface area contributed by atoms with E-state index in [4.69, 9.17) is 26.9 Å². The van der Waals surface area contributed by atoms with Crippen molar-refractivity contribution in [3.8, 4) is 12.1 Å². The van der Waals surface area contributed by atoms with Crippen molar-refractivity contribution in [3.05, 3.63) is 41.0 Å². The monoisotopic (exact) mass is 370 g/mol. The summed E-state index contributed by atoms with van der Waals surface area (Å²) in [5.41, 5.74) is 0.930. The van der Waals surface area contributed by atoms with Gasteiger partial charge in [0.1, 0.15) is 5.15 Å². The summed E-state index contributed by atoms with van der Waals surface area (Å²) >= 11 is 5.82. The molecule has 0 spiro atoms. The minimum atomic E-state index is -0.643. The van der Waals surface area contributed by atoms with Crippen LogP contribution in [0, 0.1) is 22.7 Å². The lowest BCUT2D eigenvalue weighted by Crippen LogP contribution is -2.36. The number of hydrogen-bond donors (Lipinski definition) is 0. The second-order valence-corrected chi connectivity index (χ2v) is 5.70. The average Bonchev–Trinajstić information content (AvgIpc) is 2.65. The maximum absolute atomic E-state index is 12.2. The molecule has 0 N–H and O–H groups in total. The Morgan fingerprint density at radius 2 is 1.81 bits per heavy atom. The minimum absolute atomic E-state index is 0.144. The van der Waals surface area contributed by atoms with Crippen molar-refractivity contribution in [1.82, 2.24) is 9.88 Å². The van der Waals surface area contributed by atoms with Gasteiger partial charge in [0.2, 0.25) is 0 Å². The summed E-state index contributed by atoms with van der Waals surface area (Å²) in [6.07, 6.45) is 0.288. The van der Waals surface area contributed by atoms with E-state index in [0.29, 0.717) is 10.7 Å². The first kappa shape index (κ1) is 19.2. The number of nitriles is 2. The molecule has 26 heavy (non-hydrogen) atoms. The highest BCUT2D eigenvalue weighted by Crippen LogP contribution is 2.17. The first-order valence-electron chi connectivity index (χ1n) is 7.80. The van der Waals surface area contributed by atoms with Crippen LogP contribution in [0.5, 0.6) is 0 Å². The molecule has 0 saturated heterocycles. The van der Waals surface area contributed by atoms with Gasteiger partial charge in [-0.25, -0.2) is 9.78 Å². The fourth-order valence-electron chi connectivity index (χ4n) is 2.26. The largest absolute Gasteiger partial charge is 0.452 e. The van der Waals surface area contributed by atoms with Crippen molar-refractivity contribution >= 4 is 34.4 Å². The van der Waals surface area contributed by atoms with Gasteiger partial charge in [-0.3, -0.25) is 4.79 Å². The number of aromatic nitrogens is 1. The Balaban J connectivity index is 2.00. The highest BCUT2D eigenvalue weighted by Gasteiger charge is 2.16. The molecule has 2 aromatic rings. The summed E-state index contributed by atoms with van der Waals surface area (Å²) in [6.45, 7) is -0.0689. The van der Waals surface area contributed by atoms with Gasteiger partial charge in [0.25, 0.3) is 5.91 Å². The molecule has 0 unspecified atom stereocenters. The van der Waals surface area contributed by atoms with Crippen LogP contribution in [0.25, 0.3) is 10.9 Å². The van der Waals surface area contributed by atoms with E-state index in [9.17, 15) is 9.59 Å². The first-order chi connectivity index (χ1) is 12.5. The zero-order valence-corrected chi connectivity index (χ0v) is 14.6. The van der Waals surface area contributed by atoms with Gasteiger partial charge >= 0.3 is 5.97 Å². The standard InChI is InChI=1S/C18H15ClN4O3/c19-16-6-4-13-11-14(3-5-15(13)22-16)18(25)26-12-17(24)23(9-1-7-20)10-2-8-21/h3-6,11H,1-2,9-10,12H2. The highest BCUT2D eigenvalue weighted by molar-refractivity contribution is 6.29. The summed E-state index contributed by atoms with van der Waals surface area (Å²) in [5, 5.41) is 18.4. The fraction of sp³-hybridized carbons (Fsp3) is 0.278. The van der Waals surface area contributed by atoms with Gasteiger partial charge in [0.05, 0.1) is 36.1 Å². The van der Waals surface area contributed by atoms with Crippen LogP contribution in [0.1, 0.15) is 23.2 Å². The second-order valence-electron chi connectivity index (χ2n) is 5.31. The van der Waals surface area contributed by atoms with Crippen molar-refractivity contribution in [2.75, 3.05) is 19.7 Å². The first-order valence-corrected chi connectivity index (χ1v) is 8.18. The topological polar surface area (TPSA) is 107 Å². The number of fused-ring (bicyclic) bond motifs is 1. The zero-order chi connectivity index (χ0) is 18.9. The molecule has 7 nitrogen and oxygen atoms in total. The molecule has 0 aliphatic rings. The predicted molar refractivity (Wildman–Crippen MR) is 94.1 cm³/mol. The van der Waals surface area contributed by atoms with Crippen LogP contribution in [0.3, 0.4) is 0 Å². The van der Waals surface area contributed by atoms with Crippen molar-refractivity contribution in [1.29, 1.82) is 10.5 Å². The minimum Gasteiger partial charge on any atom is -0.452 e. The maximum atomic E-state index is 12.2. The lowest BCUT2D eigenvalue weighted by molar-refractivity contribution is -0.134. The molecule has 1 aromatic heterocycles. The number of benzene rings is 1. The third kappa shape index (κ3) is 5.17. The molecule has 0 saturated carbocycles. The molecule has 1 aromatic carbocycles. The molecule has 1 amide bonds. The number of hydrogen-bond acceptors (Lipinski definition) is 6. The molecule has 0 aliphatic carbocycles. The highest BCUT2D eigenvalue weighted by atomic mass is 35.5. The van der Waals surface area contributed by atoms with E-state index in [1.54, 1.807) is 30.3 Å². The summed E-state index contributed by atoms with van der Waals surface area (Å²) < 4.78 is 5.06. The smallest absolute Gasteiger partial charge is 0.338 e. The van der Waals surface area contributed by atoms with Crippen molar-refractivity contribution in [2.45, 2.75) is 12.8 Å². The lowest BCUT2D eigenvalue weighted by atomic mass is 10.1. The van der Waals surface area contributed by atoms with E-state index in [1.165, 1.54) is 4.90 Å². The van der Waals surface area contributed by atoms with Gasteiger partial charge in [-0.15, -0.1) is 0 Å². The van der Waals surface area contributed by atoms with E-state index in [-0.39, 0.29) is 31.5 Å². The molecule has 0 fully saturated rings. The van der Waals surface area contributed by atoms with Crippen LogP contribution >= 0.6 is 11.6 Å². The molecule has 132 valence electrons. The van der Waals surface area contributed by atoms with E-state index < -0.39 is 18.5 Å². The number of amides is 1. The van der Waals surface area contributed by atoms with Gasteiger partial charge in [0.15, 0.2) is 6.61 Å². The van der Waals surface area contributed by atoms with Crippen molar-refractivity contribution in [3.63, 3.8) is 0 Å². The molecule has 8 heteroatoms. The van der Waals surface area contributed by atoms with Crippen LogP contribution in [0.2, 0.25) is 5.15 Å². The molecular formula is C18H15ClN4O3. The fourth-order valence-corrected chi connectivity index (χ4v) is 2.41. The molecule has 2 rings (SSSR count). The van der Waals surface area contributed by atoms with Crippen LogP contribution in [-0.2, 0) is 9.53 Å². The Morgan fingerprint density at radius 3 is 2.46 bits per heavy atom. The predicted octanol–water partition coefficient (Wildman–Crippen LogP) is 2.70. The van der Waals surface area contributed by atoms with Crippen molar-refractivity contribution in [2.24, 2.45) is 0 Å². The molecule has 0 atom stereocenters. The average molecular weight is 371 g/mol. The maximum Gasteiger partial charge on any atom is 0.338 e. The number of carbonyl (C=O) groups excluding carboxylic acids is 2. The summed E-state index contributed by atoms with van der Waals surface area (Å²) in [4.78, 5) is 29.8. The van der Waals surface area contributed by atoms with E-state index in [0.717, 1.165) is 5.39 Å². The number of ether oxygens (including phenoxy) is 1. The Morgan fingerprint density at radius 1 is 1.12 bits per heavy atom. The Kier molecular flexibility index (Phi) is 6.90. The van der Waals surface area contributed by atoms with E-state index >= 15 is 0 Å². The van der Waals surface area contributed by atoms with Crippen LogP contribution in [0.15, 0.2) is 30.3 Å². The van der Waals surface area contributed by atoms with Gasteiger partial charge in [-0.1, -0.05) is 11.6 Å². The Bertz CT molecular complexity index is 883. The normalized spacial score (nSPS) is 9.96. The SMILES string of the molecule is N#CCCN(CCC#N)C(=O)COC(=O)c1ccc2nc(Cl)ccc2c1. The quantitative estimate of drug-likeness (QED) is 0.547. The number of nitrogens with zero attached hydrogens (tertiary/aromatic N) is 4. The van der Waals surface area contributed by atoms with Gasteiger partial charge in [0, 0.05) is 18.5 Å². The Hall–Kier alpha value is -3.16. The van der Waals surface area contributed by atoms with Gasteiger partial charge in [-0.05, 0) is 30.3 Å². The van der Waals surface area contributed by atoms with Crippen molar-refractivity contribution < 1.29 is 14.3 Å². The van der Waals surface area contributed by atoms with E-state index in [2.05, 4.69) is 4.98 Å². The summed E-state index contributed by atoms with van der Waals surface area (Å²) in [5.74, 6) is -1.09. The molecule has 0 aliphatic heterocycles. The number of pyridine rings is 1.